The fourth-order valence-corrected chi connectivity index (χ4v) is 4.35. The van der Waals surface area contributed by atoms with Gasteiger partial charge in [0.05, 0.1) is 44.5 Å². The van der Waals surface area contributed by atoms with Gasteiger partial charge >= 0.3 is 0 Å². The first-order valence-electron chi connectivity index (χ1n) is 10.9. The minimum atomic E-state index is -0.0865. The van der Waals surface area contributed by atoms with Gasteiger partial charge in [-0.15, -0.1) is 0 Å². The number of ether oxygens (including phenoxy) is 2. The third kappa shape index (κ3) is 4.64. The summed E-state index contributed by atoms with van der Waals surface area (Å²) in [5, 5.41) is 0. The van der Waals surface area contributed by atoms with Crippen molar-refractivity contribution in [1.82, 2.24) is 14.5 Å². The minimum Gasteiger partial charge on any atom is -0.493 e. The highest BCUT2D eigenvalue weighted by Crippen LogP contribution is 2.26. The fourth-order valence-electron chi connectivity index (χ4n) is 4.35. The van der Waals surface area contributed by atoms with Gasteiger partial charge in [0.1, 0.15) is 5.75 Å². The monoisotopic (exact) mass is 417 g/mol. The number of aryl methyl sites for hydroxylation is 1. The van der Waals surface area contributed by atoms with Crippen LogP contribution in [0.4, 0.5) is 0 Å². The summed E-state index contributed by atoms with van der Waals surface area (Å²) in [6.07, 6.45) is 6.18. The Morgan fingerprint density at radius 2 is 2.13 bits per heavy atom. The van der Waals surface area contributed by atoms with Crippen molar-refractivity contribution in [3.63, 3.8) is 0 Å². The maximum atomic E-state index is 13.3. The molecule has 160 valence electrons. The molecule has 31 heavy (non-hydrogen) atoms. The normalized spacial score (nSPS) is 17.9. The summed E-state index contributed by atoms with van der Waals surface area (Å²) in [5.74, 6) is 1.08. The molecule has 2 aliphatic heterocycles. The van der Waals surface area contributed by atoms with E-state index in [1.165, 1.54) is 5.56 Å². The zero-order valence-corrected chi connectivity index (χ0v) is 17.6. The third-order valence-corrected chi connectivity index (χ3v) is 5.97. The second kappa shape index (κ2) is 8.94. The predicted molar refractivity (Wildman–Crippen MR) is 117 cm³/mol. The van der Waals surface area contributed by atoms with Gasteiger partial charge in [-0.05, 0) is 54.3 Å². The number of carbonyl (C=O) groups excluding carboxylic acids is 1. The van der Waals surface area contributed by atoms with Crippen molar-refractivity contribution in [1.29, 1.82) is 0 Å². The van der Waals surface area contributed by atoms with Crippen LogP contribution in [0.25, 0.3) is 0 Å². The Bertz CT molecular complexity index is 1050. The van der Waals surface area contributed by atoms with Crippen molar-refractivity contribution in [3.05, 3.63) is 83.4 Å². The fraction of sp³-hybridized carbons (Fsp3) is 0.360. The van der Waals surface area contributed by atoms with Gasteiger partial charge in [0.25, 0.3) is 0 Å². The van der Waals surface area contributed by atoms with Gasteiger partial charge in [0, 0.05) is 24.6 Å². The third-order valence-electron chi connectivity index (χ3n) is 5.97. The second-order valence-electron chi connectivity index (χ2n) is 8.25. The van der Waals surface area contributed by atoms with Crippen LogP contribution in [0.3, 0.4) is 0 Å². The number of nitrogens with zero attached hydrogens (tertiary/aromatic N) is 3. The quantitative estimate of drug-likeness (QED) is 0.639. The van der Waals surface area contributed by atoms with Crippen LogP contribution in [0.2, 0.25) is 0 Å². The molecule has 2 aliphatic rings. The number of pyridine rings is 1. The molecule has 3 aromatic rings. The van der Waals surface area contributed by atoms with Gasteiger partial charge < -0.3 is 18.9 Å². The van der Waals surface area contributed by atoms with Crippen LogP contribution < -0.4 is 4.74 Å². The molecule has 0 aliphatic carbocycles. The summed E-state index contributed by atoms with van der Waals surface area (Å²) in [6.45, 7) is 3.12. The van der Waals surface area contributed by atoms with Crippen molar-refractivity contribution in [2.45, 2.75) is 45.1 Å². The Hall–Kier alpha value is -3.12. The number of aromatic nitrogens is 2. The lowest BCUT2D eigenvalue weighted by atomic mass is 10.0. The number of carbonyl (C=O) groups is 1. The van der Waals surface area contributed by atoms with E-state index in [1.54, 1.807) is 6.20 Å². The van der Waals surface area contributed by atoms with Gasteiger partial charge in [-0.1, -0.05) is 18.2 Å². The van der Waals surface area contributed by atoms with E-state index in [4.69, 9.17) is 9.47 Å². The van der Waals surface area contributed by atoms with E-state index in [2.05, 4.69) is 27.9 Å². The number of hydrogen-bond acceptors (Lipinski definition) is 4. The van der Waals surface area contributed by atoms with E-state index in [1.807, 2.05) is 41.3 Å². The minimum absolute atomic E-state index is 0.0865. The molecule has 0 N–H and O–H groups in total. The summed E-state index contributed by atoms with van der Waals surface area (Å²) in [6, 6.07) is 16.1. The first kappa shape index (κ1) is 19.8. The molecule has 1 aromatic carbocycles. The molecular weight excluding hydrogens is 390 g/mol. The van der Waals surface area contributed by atoms with Crippen LogP contribution in [-0.4, -0.2) is 39.6 Å². The predicted octanol–water partition coefficient (Wildman–Crippen LogP) is 3.38. The van der Waals surface area contributed by atoms with Gasteiger partial charge in [-0.2, -0.15) is 0 Å². The van der Waals surface area contributed by atoms with Crippen LogP contribution in [0.5, 0.6) is 5.75 Å². The number of benzene rings is 1. The van der Waals surface area contributed by atoms with Crippen LogP contribution in [-0.2, 0) is 42.1 Å². The molecule has 0 spiro atoms. The van der Waals surface area contributed by atoms with Gasteiger partial charge in [0.15, 0.2) is 0 Å². The molecular formula is C25H27N3O3. The van der Waals surface area contributed by atoms with E-state index < -0.39 is 0 Å². The molecule has 6 nitrogen and oxygen atoms in total. The standard InChI is InChI=1S/C25H27N3O3/c29-25(14-19-8-9-24-20(13-19)5-4-12-30-24)28-15-22-7-3-11-27(22)16-23(17-28)31-18-21-6-1-2-10-26-21/h1-3,6-11,13,23H,4-5,12,14-18H2/t23-/m0/s1. The molecule has 4 heterocycles. The molecule has 1 atom stereocenters. The van der Waals surface area contributed by atoms with Crippen LogP contribution >= 0.6 is 0 Å². The largest absolute Gasteiger partial charge is 0.493 e. The van der Waals surface area contributed by atoms with E-state index in [9.17, 15) is 4.79 Å². The number of amides is 1. The lowest BCUT2D eigenvalue weighted by Gasteiger charge is -2.25. The molecule has 5 rings (SSSR count). The Kier molecular flexibility index (Phi) is 5.71. The smallest absolute Gasteiger partial charge is 0.227 e. The Balaban J connectivity index is 1.29. The Labute approximate surface area is 182 Å². The zero-order chi connectivity index (χ0) is 21.0. The molecule has 0 bridgehead atoms. The maximum absolute atomic E-state index is 13.3. The Morgan fingerprint density at radius 3 is 3.03 bits per heavy atom. The van der Waals surface area contributed by atoms with Gasteiger partial charge in [-0.25, -0.2) is 0 Å². The van der Waals surface area contributed by atoms with E-state index >= 15 is 0 Å². The maximum Gasteiger partial charge on any atom is 0.227 e. The van der Waals surface area contributed by atoms with E-state index in [0.717, 1.165) is 48.7 Å². The van der Waals surface area contributed by atoms with Crippen LogP contribution in [0, 0.1) is 0 Å². The molecule has 6 heteroatoms. The topological polar surface area (TPSA) is 56.6 Å². The average Bonchev–Trinajstić information content (AvgIpc) is 3.16. The molecule has 0 saturated heterocycles. The zero-order valence-electron chi connectivity index (χ0n) is 17.6. The summed E-state index contributed by atoms with van der Waals surface area (Å²) >= 11 is 0. The molecule has 2 aromatic heterocycles. The van der Waals surface area contributed by atoms with Crippen LogP contribution in [0.15, 0.2) is 60.9 Å². The molecule has 0 radical (unpaired) electrons. The number of rotatable bonds is 5. The van der Waals surface area contributed by atoms with Gasteiger partial charge in [0.2, 0.25) is 5.91 Å². The summed E-state index contributed by atoms with van der Waals surface area (Å²) in [5.41, 5.74) is 4.28. The van der Waals surface area contributed by atoms with Crippen LogP contribution in [0.1, 0.15) is 28.9 Å². The highest BCUT2D eigenvalue weighted by Gasteiger charge is 2.26. The van der Waals surface area contributed by atoms with Crippen molar-refractivity contribution < 1.29 is 14.3 Å². The van der Waals surface area contributed by atoms with Crippen molar-refractivity contribution in [2.24, 2.45) is 0 Å². The molecule has 0 fully saturated rings. The Morgan fingerprint density at radius 1 is 1.16 bits per heavy atom. The number of fused-ring (bicyclic) bond motifs is 2. The first-order chi connectivity index (χ1) is 15.2. The molecule has 1 amide bonds. The lowest BCUT2D eigenvalue weighted by Crippen LogP contribution is -2.38. The lowest BCUT2D eigenvalue weighted by molar-refractivity contribution is -0.133. The SMILES string of the molecule is O=C(Cc1ccc2c(c1)CCCO2)N1Cc2cccn2C[C@H](OCc2ccccn2)C1. The molecule has 0 unspecified atom stereocenters. The summed E-state index contributed by atoms with van der Waals surface area (Å²) in [4.78, 5) is 19.5. The highest BCUT2D eigenvalue weighted by molar-refractivity contribution is 5.79. The van der Waals surface area contributed by atoms with Crippen molar-refractivity contribution in [3.8, 4) is 5.75 Å². The van der Waals surface area contributed by atoms with Gasteiger partial charge in [-0.3, -0.25) is 9.78 Å². The summed E-state index contributed by atoms with van der Waals surface area (Å²) < 4.78 is 14.1. The van der Waals surface area contributed by atoms with Crippen molar-refractivity contribution >= 4 is 5.91 Å². The molecule has 0 saturated carbocycles. The second-order valence-corrected chi connectivity index (χ2v) is 8.25. The number of hydrogen-bond donors (Lipinski definition) is 0. The highest BCUT2D eigenvalue weighted by atomic mass is 16.5. The van der Waals surface area contributed by atoms with E-state index in [0.29, 0.717) is 26.1 Å². The first-order valence-corrected chi connectivity index (χ1v) is 10.9. The summed E-state index contributed by atoms with van der Waals surface area (Å²) in [7, 11) is 0. The van der Waals surface area contributed by atoms with Crippen molar-refractivity contribution in [2.75, 3.05) is 13.2 Å². The average molecular weight is 418 g/mol. The van der Waals surface area contributed by atoms with E-state index in [-0.39, 0.29) is 12.0 Å².